The van der Waals surface area contributed by atoms with Gasteiger partial charge in [-0.15, -0.1) is 0 Å². The summed E-state index contributed by atoms with van der Waals surface area (Å²) in [6.07, 6.45) is 1.61. The quantitative estimate of drug-likeness (QED) is 0.639. The van der Waals surface area contributed by atoms with Crippen molar-refractivity contribution in [2.24, 2.45) is 0 Å². The molecule has 0 bridgehead atoms. The molecule has 160 valence electrons. The lowest BCUT2D eigenvalue weighted by molar-refractivity contribution is -0.122. The molecule has 1 unspecified atom stereocenters. The van der Waals surface area contributed by atoms with Crippen molar-refractivity contribution in [2.75, 3.05) is 55.4 Å². The summed E-state index contributed by atoms with van der Waals surface area (Å²) in [7, 11) is 1.74. The third kappa shape index (κ3) is 6.25. The molecular formula is C21H26BrN5O3. The number of halogens is 1. The summed E-state index contributed by atoms with van der Waals surface area (Å²) < 4.78 is 6.21. The van der Waals surface area contributed by atoms with Crippen LogP contribution in [0.5, 0.6) is 0 Å². The molecule has 0 aliphatic carbocycles. The SMILES string of the molecule is CC(C(=O)Nc1ccc(N2CCOCC2)cc1)N(C)CC(=O)Nc1ccc(Br)cn1. The minimum absolute atomic E-state index is 0.0717. The van der Waals surface area contributed by atoms with E-state index >= 15 is 0 Å². The number of ether oxygens (including phenoxy) is 1. The van der Waals surface area contributed by atoms with Gasteiger partial charge in [0, 0.05) is 35.1 Å². The summed E-state index contributed by atoms with van der Waals surface area (Å²) in [4.78, 5) is 32.9. The zero-order chi connectivity index (χ0) is 21.5. The van der Waals surface area contributed by atoms with Gasteiger partial charge < -0.3 is 20.3 Å². The summed E-state index contributed by atoms with van der Waals surface area (Å²) in [6.45, 7) is 5.03. The van der Waals surface area contributed by atoms with Crippen LogP contribution in [0.25, 0.3) is 0 Å². The van der Waals surface area contributed by atoms with E-state index in [-0.39, 0.29) is 18.4 Å². The summed E-state index contributed by atoms with van der Waals surface area (Å²) in [6, 6.07) is 10.8. The van der Waals surface area contributed by atoms with Crippen LogP contribution in [0.2, 0.25) is 0 Å². The average molecular weight is 476 g/mol. The summed E-state index contributed by atoms with van der Waals surface area (Å²) >= 11 is 3.30. The third-order valence-electron chi connectivity index (χ3n) is 4.94. The molecule has 0 radical (unpaired) electrons. The Balaban J connectivity index is 1.49. The molecule has 2 N–H and O–H groups in total. The minimum atomic E-state index is -0.479. The van der Waals surface area contributed by atoms with E-state index in [0.717, 1.165) is 42.2 Å². The van der Waals surface area contributed by atoms with Crippen molar-refractivity contribution in [3.63, 3.8) is 0 Å². The first-order chi connectivity index (χ1) is 14.4. The van der Waals surface area contributed by atoms with Crippen LogP contribution in [-0.2, 0) is 14.3 Å². The maximum Gasteiger partial charge on any atom is 0.241 e. The highest BCUT2D eigenvalue weighted by Crippen LogP contribution is 2.19. The van der Waals surface area contributed by atoms with Gasteiger partial charge in [-0.05, 0) is 66.3 Å². The smallest absolute Gasteiger partial charge is 0.241 e. The van der Waals surface area contributed by atoms with E-state index in [4.69, 9.17) is 4.74 Å². The van der Waals surface area contributed by atoms with Crippen LogP contribution in [0.1, 0.15) is 6.92 Å². The number of carbonyl (C=O) groups excluding carboxylic acids is 2. The molecule has 1 fully saturated rings. The summed E-state index contributed by atoms with van der Waals surface area (Å²) in [5, 5.41) is 5.63. The van der Waals surface area contributed by atoms with Gasteiger partial charge in [0.15, 0.2) is 0 Å². The number of morpholine rings is 1. The largest absolute Gasteiger partial charge is 0.378 e. The highest BCUT2D eigenvalue weighted by atomic mass is 79.9. The highest BCUT2D eigenvalue weighted by molar-refractivity contribution is 9.10. The lowest BCUT2D eigenvalue weighted by Crippen LogP contribution is -2.43. The Morgan fingerprint density at radius 3 is 2.50 bits per heavy atom. The Bertz CT molecular complexity index is 854. The van der Waals surface area contributed by atoms with Gasteiger partial charge in [0.1, 0.15) is 5.82 Å². The van der Waals surface area contributed by atoms with Crippen LogP contribution in [0.3, 0.4) is 0 Å². The molecule has 1 atom stereocenters. The number of nitrogens with one attached hydrogen (secondary N) is 2. The second-order valence-electron chi connectivity index (χ2n) is 7.14. The number of aromatic nitrogens is 1. The fraction of sp³-hybridized carbons (Fsp3) is 0.381. The Labute approximate surface area is 184 Å². The van der Waals surface area contributed by atoms with E-state index in [9.17, 15) is 9.59 Å². The molecule has 1 aromatic heterocycles. The van der Waals surface area contributed by atoms with Gasteiger partial charge in [-0.2, -0.15) is 0 Å². The Morgan fingerprint density at radius 2 is 1.87 bits per heavy atom. The highest BCUT2D eigenvalue weighted by Gasteiger charge is 2.20. The van der Waals surface area contributed by atoms with Crippen LogP contribution in [0, 0.1) is 0 Å². The number of rotatable bonds is 7. The number of hydrogen-bond donors (Lipinski definition) is 2. The number of anilines is 3. The molecule has 0 saturated carbocycles. The van der Waals surface area contributed by atoms with Gasteiger partial charge in [-0.25, -0.2) is 4.98 Å². The fourth-order valence-electron chi connectivity index (χ4n) is 3.02. The van der Waals surface area contributed by atoms with Gasteiger partial charge >= 0.3 is 0 Å². The van der Waals surface area contributed by atoms with Crippen LogP contribution in [0.4, 0.5) is 17.2 Å². The molecule has 2 amide bonds. The number of nitrogens with zero attached hydrogens (tertiary/aromatic N) is 3. The molecule has 1 aliphatic heterocycles. The van der Waals surface area contributed by atoms with Crippen molar-refractivity contribution in [1.82, 2.24) is 9.88 Å². The number of likely N-dealkylation sites (N-methyl/N-ethyl adjacent to an activating group) is 1. The molecule has 1 aliphatic rings. The Morgan fingerprint density at radius 1 is 1.17 bits per heavy atom. The van der Waals surface area contributed by atoms with Gasteiger partial charge in [0.05, 0.1) is 25.8 Å². The third-order valence-corrected chi connectivity index (χ3v) is 5.41. The van der Waals surface area contributed by atoms with Crippen LogP contribution in [-0.4, -0.2) is 67.6 Å². The molecular weight excluding hydrogens is 450 g/mol. The molecule has 2 heterocycles. The summed E-state index contributed by atoms with van der Waals surface area (Å²) in [5.74, 6) is 0.0575. The second kappa shape index (κ2) is 10.5. The van der Waals surface area contributed by atoms with E-state index in [1.807, 2.05) is 24.3 Å². The van der Waals surface area contributed by atoms with Crippen LogP contribution < -0.4 is 15.5 Å². The number of benzene rings is 1. The lowest BCUT2D eigenvalue weighted by Gasteiger charge is -2.29. The van der Waals surface area contributed by atoms with E-state index in [1.165, 1.54) is 0 Å². The van der Waals surface area contributed by atoms with Crippen molar-refractivity contribution < 1.29 is 14.3 Å². The first kappa shape index (κ1) is 22.2. The zero-order valence-corrected chi connectivity index (χ0v) is 18.7. The van der Waals surface area contributed by atoms with Gasteiger partial charge in [0.2, 0.25) is 11.8 Å². The van der Waals surface area contributed by atoms with Gasteiger partial charge in [-0.1, -0.05) is 0 Å². The van der Waals surface area contributed by atoms with Crippen molar-refractivity contribution in [3.05, 3.63) is 47.1 Å². The van der Waals surface area contributed by atoms with E-state index < -0.39 is 6.04 Å². The fourth-order valence-corrected chi connectivity index (χ4v) is 3.25. The Hall–Kier alpha value is -2.49. The topological polar surface area (TPSA) is 86.8 Å². The Kier molecular flexibility index (Phi) is 7.78. The predicted octanol–water partition coefficient (Wildman–Crippen LogP) is 2.58. The minimum Gasteiger partial charge on any atom is -0.378 e. The van der Waals surface area contributed by atoms with Crippen molar-refractivity contribution in [3.8, 4) is 0 Å². The van der Waals surface area contributed by atoms with Gasteiger partial charge in [-0.3, -0.25) is 14.5 Å². The first-order valence-corrected chi connectivity index (χ1v) is 10.6. The van der Waals surface area contributed by atoms with E-state index in [2.05, 4.69) is 36.4 Å². The zero-order valence-electron chi connectivity index (χ0n) is 17.1. The second-order valence-corrected chi connectivity index (χ2v) is 8.05. The molecule has 30 heavy (non-hydrogen) atoms. The number of pyridine rings is 1. The number of hydrogen-bond acceptors (Lipinski definition) is 6. The lowest BCUT2D eigenvalue weighted by atomic mass is 10.2. The van der Waals surface area contributed by atoms with Crippen LogP contribution in [0.15, 0.2) is 47.1 Å². The van der Waals surface area contributed by atoms with Crippen LogP contribution >= 0.6 is 15.9 Å². The van der Waals surface area contributed by atoms with E-state index in [1.54, 1.807) is 37.2 Å². The molecule has 8 nitrogen and oxygen atoms in total. The average Bonchev–Trinajstić information content (AvgIpc) is 2.76. The molecule has 0 spiro atoms. The van der Waals surface area contributed by atoms with Crippen molar-refractivity contribution in [1.29, 1.82) is 0 Å². The maximum atomic E-state index is 12.6. The maximum absolute atomic E-state index is 12.6. The van der Waals surface area contributed by atoms with Crippen molar-refractivity contribution >= 4 is 44.9 Å². The number of amides is 2. The molecule has 1 saturated heterocycles. The van der Waals surface area contributed by atoms with Gasteiger partial charge in [0.25, 0.3) is 0 Å². The molecule has 1 aromatic carbocycles. The monoisotopic (exact) mass is 475 g/mol. The number of carbonyl (C=O) groups is 2. The summed E-state index contributed by atoms with van der Waals surface area (Å²) in [5.41, 5.74) is 1.83. The predicted molar refractivity (Wildman–Crippen MR) is 121 cm³/mol. The first-order valence-electron chi connectivity index (χ1n) is 9.77. The molecule has 2 aromatic rings. The standard InChI is InChI=1S/C21H26BrN5O3/c1-15(26(2)14-20(28)25-19-8-3-16(22)13-23-19)21(29)24-17-4-6-18(7-5-17)27-9-11-30-12-10-27/h3-8,13,15H,9-12,14H2,1-2H3,(H,24,29)(H,23,25,28). The normalized spacial score (nSPS) is 15.0. The van der Waals surface area contributed by atoms with Crippen molar-refractivity contribution in [2.45, 2.75) is 13.0 Å². The van der Waals surface area contributed by atoms with E-state index in [0.29, 0.717) is 5.82 Å². The molecule has 9 heteroatoms. The molecule has 3 rings (SSSR count).